The van der Waals surface area contributed by atoms with E-state index in [1.165, 1.54) is 35.7 Å². The van der Waals surface area contributed by atoms with E-state index in [0.717, 1.165) is 0 Å². The summed E-state index contributed by atoms with van der Waals surface area (Å²) < 4.78 is 0. The average Bonchev–Trinajstić information content (AvgIpc) is 2.80. The number of nitro groups is 1. The van der Waals surface area contributed by atoms with E-state index in [2.05, 4.69) is 4.98 Å². The van der Waals surface area contributed by atoms with Gasteiger partial charge in [-0.25, -0.2) is 4.98 Å². The Hall–Kier alpha value is -1.50. The standard InChI is InChI=1S/C10H7ClN2O3S/c11-6-1-2-8(13(15)16)7(5-6)9(14)10-12-3-4-17-10/h1-5,9,14H. The van der Waals surface area contributed by atoms with Crippen LogP contribution in [0.4, 0.5) is 5.69 Å². The summed E-state index contributed by atoms with van der Waals surface area (Å²) in [4.78, 5) is 14.2. The molecule has 0 spiro atoms. The van der Waals surface area contributed by atoms with Gasteiger partial charge in [-0.1, -0.05) is 11.6 Å². The van der Waals surface area contributed by atoms with Crippen LogP contribution in [0.25, 0.3) is 0 Å². The Morgan fingerprint density at radius 1 is 1.53 bits per heavy atom. The summed E-state index contributed by atoms with van der Waals surface area (Å²) in [6, 6.07) is 4.07. The van der Waals surface area contributed by atoms with Gasteiger partial charge < -0.3 is 5.11 Å². The summed E-state index contributed by atoms with van der Waals surface area (Å²) in [6.07, 6.45) is 0.397. The summed E-state index contributed by atoms with van der Waals surface area (Å²) in [5.41, 5.74) is -0.0189. The number of nitro benzene ring substituents is 1. The van der Waals surface area contributed by atoms with Crippen molar-refractivity contribution < 1.29 is 10.0 Å². The van der Waals surface area contributed by atoms with E-state index in [-0.39, 0.29) is 11.3 Å². The van der Waals surface area contributed by atoms with Crippen molar-refractivity contribution in [1.82, 2.24) is 4.98 Å². The van der Waals surface area contributed by atoms with Crippen molar-refractivity contribution in [3.05, 3.63) is 55.5 Å². The SMILES string of the molecule is O=[N+]([O-])c1ccc(Cl)cc1C(O)c1nccs1. The zero-order chi connectivity index (χ0) is 12.4. The van der Waals surface area contributed by atoms with Crippen LogP contribution in [0.5, 0.6) is 0 Å². The molecule has 1 N–H and O–H groups in total. The molecule has 0 aliphatic rings. The quantitative estimate of drug-likeness (QED) is 0.687. The van der Waals surface area contributed by atoms with Crippen LogP contribution in [0, 0.1) is 10.1 Å². The molecule has 1 atom stereocenters. The van der Waals surface area contributed by atoms with Crippen LogP contribution < -0.4 is 0 Å². The molecule has 7 heteroatoms. The maximum absolute atomic E-state index is 10.8. The Labute approximate surface area is 105 Å². The van der Waals surface area contributed by atoms with Crippen LogP contribution in [-0.2, 0) is 0 Å². The molecule has 2 aromatic rings. The number of hydrogen-bond acceptors (Lipinski definition) is 5. The van der Waals surface area contributed by atoms with Crippen LogP contribution in [0.2, 0.25) is 5.02 Å². The minimum absolute atomic E-state index is 0.150. The number of hydrogen-bond donors (Lipinski definition) is 1. The molecule has 1 aromatic carbocycles. The molecule has 1 aromatic heterocycles. The molecule has 88 valence electrons. The van der Waals surface area contributed by atoms with Crippen LogP contribution >= 0.6 is 22.9 Å². The fraction of sp³-hybridized carbons (Fsp3) is 0.100. The zero-order valence-electron chi connectivity index (χ0n) is 8.41. The van der Waals surface area contributed by atoms with Gasteiger partial charge in [-0.2, -0.15) is 0 Å². The molecule has 0 saturated carbocycles. The van der Waals surface area contributed by atoms with E-state index in [1.54, 1.807) is 5.38 Å². The van der Waals surface area contributed by atoms with Crippen LogP contribution in [-0.4, -0.2) is 15.0 Å². The molecule has 1 heterocycles. The van der Waals surface area contributed by atoms with E-state index < -0.39 is 11.0 Å². The molecule has 1 unspecified atom stereocenters. The Morgan fingerprint density at radius 2 is 2.29 bits per heavy atom. The van der Waals surface area contributed by atoms with Crippen molar-refractivity contribution in [3.63, 3.8) is 0 Å². The Balaban J connectivity index is 2.50. The number of rotatable bonds is 3. The molecule has 17 heavy (non-hydrogen) atoms. The van der Waals surface area contributed by atoms with Gasteiger partial charge in [0.25, 0.3) is 5.69 Å². The maximum atomic E-state index is 10.8. The highest BCUT2D eigenvalue weighted by Gasteiger charge is 2.23. The molecule has 0 fully saturated rings. The van der Waals surface area contributed by atoms with Crippen molar-refractivity contribution in [2.24, 2.45) is 0 Å². The highest BCUT2D eigenvalue weighted by molar-refractivity contribution is 7.09. The largest absolute Gasteiger partial charge is 0.381 e. The molecule has 0 bridgehead atoms. The number of halogens is 1. The van der Waals surface area contributed by atoms with Gasteiger partial charge in [-0.15, -0.1) is 11.3 Å². The third kappa shape index (κ3) is 2.44. The Bertz CT molecular complexity index is 544. The first-order valence-electron chi connectivity index (χ1n) is 4.61. The minimum atomic E-state index is -1.13. The predicted octanol–water partition coefficient (Wildman–Crippen LogP) is 2.79. The first-order chi connectivity index (χ1) is 8.09. The third-order valence-corrected chi connectivity index (χ3v) is 3.23. The number of thiazole rings is 1. The predicted molar refractivity (Wildman–Crippen MR) is 64.3 cm³/mol. The second-order valence-corrected chi connectivity index (χ2v) is 4.60. The molecular formula is C10H7ClN2O3S. The van der Waals surface area contributed by atoms with Crippen molar-refractivity contribution in [1.29, 1.82) is 0 Å². The normalized spacial score (nSPS) is 12.4. The summed E-state index contributed by atoms with van der Waals surface area (Å²) in [5.74, 6) is 0. The van der Waals surface area contributed by atoms with Crippen LogP contribution in [0.15, 0.2) is 29.8 Å². The van der Waals surface area contributed by atoms with Crippen LogP contribution in [0.3, 0.4) is 0 Å². The zero-order valence-corrected chi connectivity index (χ0v) is 9.98. The number of aliphatic hydroxyl groups excluding tert-OH is 1. The van der Waals surface area contributed by atoms with Gasteiger partial charge in [0.15, 0.2) is 0 Å². The first kappa shape index (κ1) is 12.0. The van der Waals surface area contributed by atoms with E-state index >= 15 is 0 Å². The fourth-order valence-corrected chi connectivity index (χ4v) is 2.23. The highest BCUT2D eigenvalue weighted by Crippen LogP contribution is 2.32. The second kappa shape index (κ2) is 4.79. The van der Waals surface area contributed by atoms with Crippen molar-refractivity contribution >= 4 is 28.6 Å². The minimum Gasteiger partial charge on any atom is -0.381 e. The number of aliphatic hydroxyl groups is 1. The summed E-state index contributed by atoms with van der Waals surface area (Å²) >= 11 is 7.00. The molecule has 5 nitrogen and oxygen atoms in total. The second-order valence-electron chi connectivity index (χ2n) is 3.23. The lowest BCUT2D eigenvalue weighted by molar-refractivity contribution is -0.386. The van der Waals surface area contributed by atoms with Gasteiger partial charge in [0.2, 0.25) is 0 Å². The molecular weight excluding hydrogens is 264 g/mol. The van der Waals surface area contributed by atoms with E-state index in [1.807, 2.05) is 0 Å². The van der Waals surface area contributed by atoms with E-state index in [9.17, 15) is 15.2 Å². The van der Waals surface area contributed by atoms with Crippen molar-refractivity contribution in [2.75, 3.05) is 0 Å². The van der Waals surface area contributed by atoms with Gasteiger partial charge in [0.05, 0.1) is 10.5 Å². The molecule has 0 saturated heterocycles. The van der Waals surface area contributed by atoms with Crippen LogP contribution in [0.1, 0.15) is 16.7 Å². The lowest BCUT2D eigenvalue weighted by Gasteiger charge is -2.08. The van der Waals surface area contributed by atoms with Gasteiger partial charge in [-0.05, 0) is 12.1 Å². The van der Waals surface area contributed by atoms with E-state index in [4.69, 9.17) is 11.6 Å². The van der Waals surface area contributed by atoms with E-state index in [0.29, 0.717) is 10.0 Å². The topological polar surface area (TPSA) is 76.3 Å². The van der Waals surface area contributed by atoms with Gasteiger partial charge >= 0.3 is 0 Å². The molecule has 0 aliphatic heterocycles. The van der Waals surface area contributed by atoms with Crippen molar-refractivity contribution in [2.45, 2.75) is 6.10 Å². The third-order valence-electron chi connectivity index (χ3n) is 2.17. The molecule has 0 aliphatic carbocycles. The summed E-state index contributed by atoms with van der Waals surface area (Å²) in [6.45, 7) is 0. The number of aromatic nitrogens is 1. The monoisotopic (exact) mass is 270 g/mol. The van der Waals surface area contributed by atoms with Gasteiger partial charge in [0, 0.05) is 22.7 Å². The first-order valence-corrected chi connectivity index (χ1v) is 5.86. The molecule has 0 amide bonds. The number of nitrogens with zero attached hydrogens (tertiary/aromatic N) is 2. The molecule has 0 radical (unpaired) electrons. The number of benzene rings is 1. The van der Waals surface area contributed by atoms with Crippen molar-refractivity contribution in [3.8, 4) is 0 Å². The Kier molecular flexibility index (Phi) is 3.37. The summed E-state index contributed by atoms with van der Waals surface area (Å²) in [5, 5.41) is 23.3. The summed E-state index contributed by atoms with van der Waals surface area (Å²) in [7, 11) is 0. The van der Waals surface area contributed by atoms with Gasteiger partial charge in [-0.3, -0.25) is 10.1 Å². The highest BCUT2D eigenvalue weighted by atomic mass is 35.5. The lowest BCUT2D eigenvalue weighted by atomic mass is 10.1. The Morgan fingerprint density at radius 3 is 2.88 bits per heavy atom. The maximum Gasteiger partial charge on any atom is 0.275 e. The fourth-order valence-electron chi connectivity index (χ4n) is 1.41. The van der Waals surface area contributed by atoms with Gasteiger partial charge in [0.1, 0.15) is 11.1 Å². The molecule has 2 rings (SSSR count). The smallest absolute Gasteiger partial charge is 0.275 e. The lowest BCUT2D eigenvalue weighted by Crippen LogP contribution is -2.03. The average molecular weight is 271 g/mol.